The number of carbonyl (C=O) groups excluding carboxylic acids is 1. The first-order valence-electron chi connectivity index (χ1n) is 17.3. The van der Waals surface area contributed by atoms with E-state index in [-0.39, 0.29) is 0 Å². The zero-order valence-electron chi connectivity index (χ0n) is 28.3. The number of anilines is 3. The van der Waals surface area contributed by atoms with Crippen molar-refractivity contribution < 1.29 is 14.3 Å². The summed E-state index contributed by atoms with van der Waals surface area (Å²) in [4.78, 5) is 26.4. The SMILES string of the molecule is CSc1cccc(Nc2ccnc3cc(OCC4CCN(C)CC4)c(NC(=O)N/N=C/C4CCN(CCN5CCOCC5)CC4)cc23)c1. The molecule has 0 spiro atoms. The average molecular weight is 675 g/mol. The third-order valence-corrected chi connectivity index (χ3v) is 10.4. The number of hydrogen-bond acceptors (Lipinski definition) is 10. The Kier molecular flexibility index (Phi) is 12.4. The van der Waals surface area contributed by atoms with Gasteiger partial charge in [-0.25, -0.2) is 10.2 Å². The van der Waals surface area contributed by atoms with Crippen LogP contribution in [0.15, 0.2) is 58.7 Å². The van der Waals surface area contributed by atoms with Crippen LogP contribution in [0, 0.1) is 11.8 Å². The molecule has 0 radical (unpaired) electrons. The van der Waals surface area contributed by atoms with Crippen LogP contribution in [0.4, 0.5) is 21.9 Å². The van der Waals surface area contributed by atoms with E-state index in [1.54, 1.807) is 18.0 Å². The number of likely N-dealkylation sites (tertiary alicyclic amines) is 2. The van der Waals surface area contributed by atoms with E-state index in [0.29, 0.717) is 29.9 Å². The number of piperidine rings is 2. The number of hydrogen-bond donors (Lipinski definition) is 3. The topological polar surface area (TPSA) is 107 Å². The Balaban J connectivity index is 1.09. The molecule has 3 aliphatic heterocycles. The van der Waals surface area contributed by atoms with Gasteiger partial charge in [0, 0.05) is 66.3 Å². The van der Waals surface area contributed by atoms with E-state index in [1.807, 2.05) is 36.5 Å². The van der Waals surface area contributed by atoms with Gasteiger partial charge in [-0.05, 0) is 107 Å². The van der Waals surface area contributed by atoms with Crippen LogP contribution in [0.5, 0.6) is 5.75 Å². The lowest BCUT2D eigenvalue weighted by Crippen LogP contribution is -2.43. The van der Waals surface area contributed by atoms with Gasteiger partial charge in [-0.3, -0.25) is 9.88 Å². The van der Waals surface area contributed by atoms with Crippen molar-refractivity contribution in [1.82, 2.24) is 25.1 Å². The van der Waals surface area contributed by atoms with Crippen LogP contribution in [0.3, 0.4) is 0 Å². The molecule has 2 aromatic carbocycles. The molecule has 3 N–H and O–H groups in total. The largest absolute Gasteiger partial charge is 0.491 e. The lowest BCUT2D eigenvalue weighted by atomic mass is 9.98. The van der Waals surface area contributed by atoms with Gasteiger partial charge in [-0.1, -0.05) is 6.07 Å². The maximum Gasteiger partial charge on any atom is 0.339 e. The second kappa shape index (κ2) is 17.3. The van der Waals surface area contributed by atoms with Gasteiger partial charge in [0.2, 0.25) is 0 Å². The Morgan fingerprint density at radius 2 is 1.77 bits per heavy atom. The van der Waals surface area contributed by atoms with Gasteiger partial charge >= 0.3 is 6.03 Å². The highest BCUT2D eigenvalue weighted by Crippen LogP contribution is 2.35. The third kappa shape index (κ3) is 9.82. The molecule has 48 heavy (non-hydrogen) atoms. The fourth-order valence-electron chi connectivity index (χ4n) is 6.58. The third-order valence-electron chi connectivity index (χ3n) is 9.67. The number of benzene rings is 2. The summed E-state index contributed by atoms with van der Waals surface area (Å²) in [5.41, 5.74) is 5.97. The molecule has 3 saturated heterocycles. The molecule has 12 heteroatoms. The number of pyridine rings is 1. The van der Waals surface area contributed by atoms with E-state index >= 15 is 0 Å². The molecule has 4 heterocycles. The van der Waals surface area contributed by atoms with Crippen molar-refractivity contribution in [2.45, 2.75) is 30.6 Å². The summed E-state index contributed by atoms with van der Waals surface area (Å²) in [5.74, 6) is 1.43. The lowest BCUT2D eigenvalue weighted by molar-refractivity contribution is 0.0320. The number of thioether (sulfide) groups is 1. The Hall–Kier alpha value is -3.42. The molecule has 258 valence electrons. The summed E-state index contributed by atoms with van der Waals surface area (Å²) >= 11 is 1.70. The summed E-state index contributed by atoms with van der Waals surface area (Å²) in [6, 6.07) is 13.7. The molecule has 11 nitrogen and oxygen atoms in total. The van der Waals surface area contributed by atoms with E-state index in [0.717, 1.165) is 114 Å². The summed E-state index contributed by atoms with van der Waals surface area (Å²) < 4.78 is 11.9. The van der Waals surface area contributed by atoms with Crippen LogP contribution in [0.1, 0.15) is 25.7 Å². The number of nitrogens with zero attached hydrogens (tertiary/aromatic N) is 5. The number of ether oxygens (including phenoxy) is 2. The first-order valence-corrected chi connectivity index (χ1v) is 18.5. The molecule has 0 unspecified atom stereocenters. The Morgan fingerprint density at radius 3 is 2.54 bits per heavy atom. The highest BCUT2D eigenvalue weighted by atomic mass is 32.2. The number of morpholine rings is 1. The zero-order valence-corrected chi connectivity index (χ0v) is 29.1. The summed E-state index contributed by atoms with van der Waals surface area (Å²) in [6.07, 6.45) is 10.0. The van der Waals surface area contributed by atoms with Crippen LogP contribution < -0.4 is 20.8 Å². The van der Waals surface area contributed by atoms with E-state index in [9.17, 15) is 4.79 Å². The summed E-state index contributed by atoms with van der Waals surface area (Å²) in [5, 5.41) is 11.8. The second-order valence-electron chi connectivity index (χ2n) is 13.1. The molecule has 1 aromatic heterocycles. The number of hydrazone groups is 1. The van der Waals surface area contributed by atoms with Crippen molar-refractivity contribution >= 4 is 52.0 Å². The first kappa shape index (κ1) is 34.4. The Morgan fingerprint density at radius 1 is 1.00 bits per heavy atom. The van der Waals surface area contributed by atoms with Crippen molar-refractivity contribution in [2.24, 2.45) is 16.9 Å². The van der Waals surface area contributed by atoms with E-state index in [2.05, 4.69) is 66.3 Å². The molecule has 0 aliphatic carbocycles. The second-order valence-corrected chi connectivity index (χ2v) is 14.0. The average Bonchev–Trinajstić information content (AvgIpc) is 3.12. The normalized spacial score (nSPS) is 19.1. The fourth-order valence-corrected chi connectivity index (χ4v) is 7.04. The van der Waals surface area contributed by atoms with Crippen molar-refractivity contribution in [3.63, 3.8) is 0 Å². The highest BCUT2D eigenvalue weighted by molar-refractivity contribution is 7.98. The monoisotopic (exact) mass is 674 g/mol. The molecule has 0 atom stereocenters. The van der Waals surface area contributed by atoms with Gasteiger partial charge < -0.3 is 29.9 Å². The zero-order chi connectivity index (χ0) is 33.1. The number of carbonyl (C=O) groups is 1. The number of amides is 2. The maximum absolute atomic E-state index is 13.2. The van der Waals surface area contributed by atoms with Crippen LogP contribution in [0.2, 0.25) is 0 Å². The molecular weight excluding hydrogens is 625 g/mol. The number of aromatic nitrogens is 1. The van der Waals surface area contributed by atoms with Crippen molar-refractivity contribution in [2.75, 3.05) is 96.1 Å². The maximum atomic E-state index is 13.2. The smallest absolute Gasteiger partial charge is 0.339 e. The van der Waals surface area contributed by atoms with Crippen molar-refractivity contribution in [3.8, 4) is 5.75 Å². The minimum absolute atomic E-state index is 0.350. The van der Waals surface area contributed by atoms with Gasteiger partial charge in [-0.15, -0.1) is 11.8 Å². The van der Waals surface area contributed by atoms with E-state index in [4.69, 9.17) is 9.47 Å². The minimum atomic E-state index is -0.399. The van der Waals surface area contributed by atoms with Crippen LogP contribution in [-0.4, -0.2) is 117 Å². The molecule has 2 amide bonds. The molecule has 3 aliphatic rings. The molecular formula is C36H50N8O3S. The number of urea groups is 1. The Bertz CT molecular complexity index is 1520. The predicted molar refractivity (Wildman–Crippen MR) is 196 cm³/mol. The van der Waals surface area contributed by atoms with Crippen LogP contribution >= 0.6 is 11.8 Å². The molecule has 3 fully saturated rings. The van der Waals surface area contributed by atoms with E-state index < -0.39 is 6.03 Å². The number of fused-ring (bicyclic) bond motifs is 1. The first-order chi connectivity index (χ1) is 23.5. The summed E-state index contributed by atoms with van der Waals surface area (Å²) in [6.45, 7) is 10.8. The van der Waals surface area contributed by atoms with Gasteiger partial charge in [0.15, 0.2) is 0 Å². The predicted octanol–water partition coefficient (Wildman–Crippen LogP) is 5.57. The lowest BCUT2D eigenvalue weighted by Gasteiger charge is -2.33. The number of nitrogens with one attached hydrogen (secondary N) is 3. The summed E-state index contributed by atoms with van der Waals surface area (Å²) in [7, 11) is 2.16. The minimum Gasteiger partial charge on any atom is -0.491 e. The van der Waals surface area contributed by atoms with Crippen LogP contribution in [0.25, 0.3) is 10.9 Å². The van der Waals surface area contributed by atoms with Gasteiger partial charge in [0.05, 0.1) is 31.0 Å². The highest BCUT2D eigenvalue weighted by Gasteiger charge is 2.21. The van der Waals surface area contributed by atoms with Gasteiger partial charge in [0.25, 0.3) is 0 Å². The molecule has 0 bridgehead atoms. The van der Waals surface area contributed by atoms with Gasteiger partial charge in [-0.2, -0.15) is 5.10 Å². The van der Waals surface area contributed by atoms with Crippen LogP contribution in [-0.2, 0) is 4.74 Å². The molecule has 0 saturated carbocycles. The molecule has 6 rings (SSSR count). The van der Waals surface area contributed by atoms with Crippen molar-refractivity contribution in [3.05, 3.63) is 48.7 Å². The van der Waals surface area contributed by atoms with E-state index in [1.165, 1.54) is 4.90 Å². The standard InChI is InChI=1S/C36H50N8O3S/c1-42-12-7-28(8-13-42)26-47-35-24-33-31(32(6-11-37-33)39-29-4-3-5-30(22-29)48-2)23-34(35)40-36(45)41-38-25-27-9-14-43(15-10-27)16-17-44-18-20-46-21-19-44/h3-6,11,22-25,27-28H,7-10,12-21,26H2,1-2H3,(H,37,39)(H2,40,41,45)/b38-25+. The molecule has 3 aromatic rings. The number of rotatable bonds is 12. The quantitative estimate of drug-likeness (QED) is 0.129. The Labute approximate surface area is 288 Å². The fraction of sp³-hybridized carbons (Fsp3) is 0.528. The van der Waals surface area contributed by atoms with Gasteiger partial charge in [0.1, 0.15) is 5.75 Å². The van der Waals surface area contributed by atoms with Crippen molar-refractivity contribution in [1.29, 1.82) is 0 Å².